The second-order valence-electron chi connectivity index (χ2n) is 4.67. The van der Waals surface area contributed by atoms with Gasteiger partial charge in [0, 0.05) is 6.04 Å². The first kappa shape index (κ1) is 14.7. The number of methoxy groups -OCH3 is 1. The number of carbonyl (C=O) groups is 2. The lowest BCUT2D eigenvalue weighted by Crippen LogP contribution is -2.43. The van der Waals surface area contributed by atoms with Crippen molar-refractivity contribution in [2.45, 2.75) is 31.7 Å². The van der Waals surface area contributed by atoms with Gasteiger partial charge in [-0.1, -0.05) is 24.4 Å². The Morgan fingerprint density at radius 2 is 2.10 bits per heavy atom. The third-order valence-electron chi connectivity index (χ3n) is 3.38. The van der Waals surface area contributed by atoms with Crippen LogP contribution in [0.1, 0.15) is 36.2 Å². The topological polar surface area (TPSA) is 72.4 Å². The van der Waals surface area contributed by atoms with Crippen LogP contribution in [0.2, 0.25) is 5.15 Å². The number of hydrogen-bond donors (Lipinski definition) is 0. The summed E-state index contributed by atoms with van der Waals surface area (Å²) >= 11 is 5.75. The minimum absolute atomic E-state index is 0.0439. The van der Waals surface area contributed by atoms with Gasteiger partial charge < -0.3 is 9.64 Å². The molecule has 0 N–H and O–H groups in total. The summed E-state index contributed by atoms with van der Waals surface area (Å²) in [6.07, 6.45) is 6.59. The van der Waals surface area contributed by atoms with E-state index in [0.29, 0.717) is 0 Å². The van der Waals surface area contributed by atoms with Gasteiger partial charge in [-0.3, -0.25) is 14.6 Å². The predicted molar refractivity (Wildman–Crippen MR) is 72.4 cm³/mol. The second-order valence-corrected chi connectivity index (χ2v) is 5.06. The fourth-order valence-electron chi connectivity index (χ4n) is 2.38. The summed E-state index contributed by atoms with van der Waals surface area (Å²) in [4.78, 5) is 33.3. The molecule has 0 unspecified atom stereocenters. The molecule has 0 aliphatic heterocycles. The van der Waals surface area contributed by atoms with E-state index in [1.54, 1.807) is 0 Å². The number of hydrogen-bond acceptors (Lipinski definition) is 5. The maximum absolute atomic E-state index is 12.5. The summed E-state index contributed by atoms with van der Waals surface area (Å²) in [6, 6.07) is 0.0439. The summed E-state index contributed by atoms with van der Waals surface area (Å²) in [5.41, 5.74) is 0.147. The molecule has 1 amide bonds. The number of aromatic nitrogens is 2. The van der Waals surface area contributed by atoms with Crippen molar-refractivity contribution >= 4 is 23.5 Å². The van der Waals surface area contributed by atoms with Gasteiger partial charge >= 0.3 is 5.97 Å². The minimum atomic E-state index is -0.444. The Hall–Kier alpha value is -1.69. The molecule has 0 radical (unpaired) electrons. The summed E-state index contributed by atoms with van der Waals surface area (Å²) in [6.45, 7) is -0.0752. The van der Waals surface area contributed by atoms with E-state index in [-0.39, 0.29) is 29.3 Å². The standard InChI is InChI=1S/C13H16ClN3O3/c1-20-12(18)8-17(9-4-2-3-5-9)13(19)10-6-15-7-11(14)16-10/h6-7,9H,2-5,8H2,1H3. The molecule has 20 heavy (non-hydrogen) atoms. The molecule has 2 rings (SSSR count). The summed E-state index contributed by atoms with van der Waals surface area (Å²) < 4.78 is 4.66. The van der Waals surface area contributed by atoms with Crippen molar-refractivity contribution in [3.8, 4) is 0 Å². The molecule has 1 aromatic heterocycles. The van der Waals surface area contributed by atoms with Crippen molar-refractivity contribution in [2.75, 3.05) is 13.7 Å². The first-order valence-corrected chi connectivity index (χ1v) is 6.85. The Bertz CT molecular complexity index is 503. The van der Waals surface area contributed by atoms with E-state index >= 15 is 0 Å². The minimum Gasteiger partial charge on any atom is -0.468 e. The predicted octanol–water partition coefficient (Wildman–Crippen LogP) is 1.69. The summed E-state index contributed by atoms with van der Waals surface area (Å²) in [5.74, 6) is -0.780. The Labute approximate surface area is 122 Å². The van der Waals surface area contributed by atoms with Crippen LogP contribution in [0, 0.1) is 0 Å². The molecule has 1 fully saturated rings. The Kier molecular flexibility index (Phi) is 4.89. The van der Waals surface area contributed by atoms with E-state index in [2.05, 4.69) is 14.7 Å². The third kappa shape index (κ3) is 3.45. The first-order chi connectivity index (χ1) is 9.61. The Morgan fingerprint density at radius 3 is 2.70 bits per heavy atom. The zero-order valence-electron chi connectivity index (χ0n) is 11.2. The Balaban J connectivity index is 2.20. The van der Waals surface area contributed by atoms with Crippen LogP contribution in [0.3, 0.4) is 0 Å². The van der Waals surface area contributed by atoms with Gasteiger partial charge in [0.15, 0.2) is 0 Å². The third-order valence-corrected chi connectivity index (χ3v) is 3.56. The zero-order valence-corrected chi connectivity index (χ0v) is 12.0. The number of carbonyl (C=O) groups excluding carboxylic acids is 2. The summed E-state index contributed by atoms with van der Waals surface area (Å²) in [7, 11) is 1.30. The average Bonchev–Trinajstić information content (AvgIpc) is 2.97. The fourth-order valence-corrected chi connectivity index (χ4v) is 2.53. The van der Waals surface area contributed by atoms with Gasteiger partial charge in [-0.15, -0.1) is 0 Å². The normalized spacial score (nSPS) is 15.1. The van der Waals surface area contributed by atoms with E-state index in [4.69, 9.17) is 11.6 Å². The molecule has 1 aliphatic rings. The number of amides is 1. The quantitative estimate of drug-likeness (QED) is 0.791. The fraction of sp³-hybridized carbons (Fsp3) is 0.538. The number of rotatable bonds is 4. The first-order valence-electron chi connectivity index (χ1n) is 6.47. The maximum Gasteiger partial charge on any atom is 0.325 e. The molecule has 7 heteroatoms. The highest BCUT2D eigenvalue weighted by Gasteiger charge is 2.30. The van der Waals surface area contributed by atoms with Crippen LogP contribution in [0.25, 0.3) is 0 Å². The monoisotopic (exact) mass is 297 g/mol. The molecule has 0 aromatic carbocycles. The highest BCUT2D eigenvalue weighted by atomic mass is 35.5. The van der Waals surface area contributed by atoms with Crippen LogP contribution in [-0.4, -0.2) is 46.4 Å². The van der Waals surface area contributed by atoms with Crippen LogP contribution < -0.4 is 0 Å². The molecule has 0 saturated heterocycles. The van der Waals surface area contributed by atoms with Gasteiger partial charge in [0.1, 0.15) is 17.4 Å². The smallest absolute Gasteiger partial charge is 0.325 e. The highest BCUT2D eigenvalue weighted by Crippen LogP contribution is 2.24. The van der Waals surface area contributed by atoms with E-state index in [1.807, 2.05) is 0 Å². The number of esters is 1. The number of halogens is 1. The van der Waals surface area contributed by atoms with Gasteiger partial charge in [-0.25, -0.2) is 4.98 Å². The zero-order chi connectivity index (χ0) is 14.5. The largest absolute Gasteiger partial charge is 0.468 e. The molecule has 1 heterocycles. The SMILES string of the molecule is COC(=O)CN(C(=O)c1cncc(Cl)n1)C1CCCC1. The second kappa shape index (κ2) is 6.65. The van der Waals surface area contributed by atoms with Crippen molar-refractivity contribution in [2.24, 2.45) is 0 Å². The highest BCUT2D eigenvalue weighted by molar-refractivity contribution is 6.29. The summed E-state index contributed by atoms with van der Waals surface area (Å²) in [5, 5.41) is 0.153. The van der Waals surface area contributed by atoms with Crippen LogP contribution in [-0.2, 0) is 9.53 Å². The average molecular weight is 298 g/mol. The van der Waals surface area contributed by atoms with Crippen LogP contribution in [0.5, 0.6) is 0 Å². The van der Waals surface area contributed by atoms with Gasteiger partial charge in [-0.2, -0.15) is 0 Å². The van der Waals surface area contributed by atoms with Gasteiger partial charge in [0.05, 0.1) is 19.5 Å². The van der Waals surface area contributed by atoms with Crippen LogP contribution in [0.15, 0.2) is 12.4 Å². The molecule has 6 nitrogen and oxygen atoms in total. The molecular weight excluding hydrogens is 282 g/mol. The molecule has 0 bridgehead atoms. The molecule has 0 spiro atoms. The molecule has 1 saturated carbocycles. The van der Waals surface area contributed by atoms with E-state index in [0.717, 1.165) is 25.7 Å². The van der Waals surface area contributed by atoms with Gasteiger partial charge in [-0.05, 0) is 12.8 Å². The molecule has 1 aromatic rings. The number of ether oxygens (including phenoxy) is 1. The van der Waals surface area contributed by atoms with E-state index in [1.165, 1.54) is 24.4 Å². The van der Waals surface area contributed by atoms with Crippen LogP contribution in [0.4, 0.5) is 0 Å². The van der Waals surface area contributed by atoms with Crippen molar-refractivity contribution < 1.29 is 14.3 Å². The molecule has 1 aliphatic carbocycles. The van der Waals surface area contributed by atoms with E-state index < -0.39 is 5.97 Å². The van der Waals surface area contributed by atoms with E-state index in [9.17, 15) is 9.59 Å². The lowest BCUT2D eigenvalue weighted by molar-refractivity contribution is -0.141. The lowest BCUT2D eigenvalue weighted by atomic mass is 10.2. The van der Waals surface area contributed by atoms with Gasteiger partial charge in [0.25, 0.3) is 5.91 Å². The van der Waals surface area contributed by atoms with Crippen molar-refractivity contribution in [3.05, 3.63) is 23.2 Å². The maximum atomic E-state index is 12.5. The Morgan fingerprint density at radius 1 is 1.40 bits per heavy atom. The van der Waals surface area contributed by atoms with Crippen molar-refractivity contribution in [1.29, 1.82) is 0 Å². The molecular formula is C13H16ClN3O3. The van der Waals surface area contributed by atoms with Crippen molar-refractivity contribution in [1.82, 2.24) is 14.9 Å². The number of nitrogens with zero attached hydrogens (tertiary/aromatic N) is 3. The van der Waals surface area contributed by atoms with Gasteiger partial charge in [0.2, 0.25) is 0 Å². The molecule has 0 atom stereocenters. The lowest BCUT2D eigenvalue weighted by Gasteiger charge is -2.27. The van der Waals surface area contributed by atoms with Crippen molar-refractivity contribution in [3.63, 3.8) is 0 Å². The van der Waals surface area contributed by atoms with Crippen LogP contribution >= 0.6 is 11.6 Å². The molecule has 108 valence electrons.